The van der Waals surface area contributed by atoms with Gasteiger partial charge in [0.25, 0.3) is 10.0 Å². The lowest BCUT2D eigenvalue weighted by Crippen LogP contribution is -2.53. The zero-order chi connectivity index (χ0) is 28.7. The zero-order valence-corrected chi connectivity index (χ0v) is 24.7. The Morgan fingerprint density at radius 1 is 0.923 bits per heavy atom. The summed E-state index contributed by atoms with van der Waals surface area (Å²) in [4.78, 5) is 28.7. The molecule has 0 spiro atoms. The Morgan fingerprint density at radius 3 is 2.10 bits per heavy atom. The second-order valence-electron chi connectivity index (χ2n) is 9.47. The van der Waals surface area contributed by atoms with E-state index in [0.29, 0.717) is 27.7 Å². The van der Waals surface area contributed by atoms with Gasteiger partial charge < -0.3 is 10.2 Å². The van der Waals surface area contributed by atoms with Crippen molar-refractivity contribution in [3.8, 4) is 0 Å². The molecule has 208 valence electrons. The second kappa shape index (κ2) is 13.3. The summed E-state index contributed by atoms with van der Waals surface area (Å²) in [5, 5.41) is 3.54. The number of nitrogens with one attached hydrogen (secondary N) is 1. The Hall–Kier alpha value is -3.07. The van der Waals surface area contributed by atoms with Gasteiger partial charge in [-0.15, -0.1) is 0 Å². The molecule has 1 atom stereocenters. The number of benzene rings is 3. The van der Waals surface area contributed by atoms with Gasteiger partial charge >= 0.3 is 0 Å². The molecule has 0 unspecified atom stereocenters. The predicted molar refractivity (Wildman–Crippen MR) is 157 cm³/mol. The number of amides is 2. The van der Waals surface area contributed by atoms with E-state index in [4.69, 9.17) is 23.2 Å². The third-order valence-corrected chi connectivity index (χ3v) is 8.60. The number of rotatable bonds is 11. The number of carbonyl (C=O) groups is 2. The maximum absolute atomic E-state index is 14.1. The van der Waals surface area contributed by atoms with Gasteiger partial charge in [0, 0.05) is 28.2 Å². The summed E-state index contributed by atoms with van der Waals surface area (Å²) in [5.74, 6) is -0.921. The Morgan fingerprint density at radius 2 is 1.54 bits per heavy atom. The van der Waals surface area contributed by atoms with E-state index in [1.807, 2.05) is 26.8 Å². The van der Waals surface area contributed by atoms with E-state index < -0.39 is 28.5 Å². The monoisotopic (exact) mass is 589 g/mol. The van der Waals surface area contributed by atoms with Gasteiger partial charge in [0.2, 0.25) is 11.8 Å². The lowest BCUT2D eigenvalue weighted by molar-refractivity contribution is -0.140. The van der Waals surface area contributed by atoms with Gasteiger partial charge in [0.1, 0.15) is 12.6 Å². The minimum atomic E-state index is -4.13. The first kappa shape index (κ1) is 30.5. The van der Waals surface area contributed by atoms with E-state index in [1.54, 1.807) is 61.5 Å². The number of anilines is 1. The Kier molecular flexibility index (Phi) is 10.4. The SMILES string of the molecule is CC[C@@H](C(=O)NC(C)C)N(Cc1c(Cl)cccc1Cl)C(=O)CN(c1cccc(C)c1)S(=O)(=O)c1ccccc1. The quantitative estimate of drug-likeness (QED) is 0.305. The van der Waals surface area contributed by atoms with Gasteiger partial charge in [0.05, 0.1) is 10.6 Å². The van der Waals surface area contributed by atoms with Gasteiger partial charge in [0.15, 0.2) is 0 Å². The van der Waals surface area contributed by atoms with Crippen molar-refractivity contribution in [1.82, 2.24) is 10.2 Å². The van der Waals surface area contributed by atoms with Crippen molar-refractivity contribution in [3.63, 3.8) is 0 Å². The molecule has 3 aromatic rings. The molecule has 0 aliphatic rings. The van der Waals surface area contributed by atoms with E-state index in [2.05, 4.69) is 5.32 Å². The summed E-state index contributed by atoms with van der Waals surface area (Å²) >= 11 is 12.9. The van der Waals surface area contributed by atoms with Crippen LogP contribution in [0, 0.1) is 6.92 Å². The van der Waals surface area contributed by atoms with Crippen molar-refractivity contribution in [2.75, 3.05) is 10.8 Å². The molecular weight excluding hydrogens is 557 g/mol. The highest BCUT2D eigenvalue weighted by Gasteiger charge is 2.34. The van der Waals surface area contributed by atoms with Crippen molar-refractivity contribution >= 4 is 50.7 Å². The number of aryl methyl sites for hydroxylation is 1. The summed E-state index contributed by atoms with van der Waals surface area (Å²) in [6.45, 7) is 6.68. The normalized spacial score (nSPS) is 12.2. The van der Waals surface area contributed by atoms with E-state index in [1.165, 1.54) is 17.0 Å². The minimum Gasteiger partial charge on any atom is -0.352 e. The topological polar surface area (TPSA) is 86.8 Å². The summed E-state index contributed by atoms with van der Waals surface area (Å²) in [5.41, 5.74) is 1.64. The van der Waals surface area contributed by atoms with Crippen LogP contribution in [0.4, 0.5) is 5.69 Å². The van der Waals surface area contributed by atoms with Crippen LogP contribution < -0.4 is 9.62 Å². The molecule has 10 heteroatoms. The summed E-state index contributed by atoms with van der Waals surface area (Å²) < 4.78 is 28.7. The van der Waals surface area contributed by atoms with Gasteiger partial charge in [-0.2, -0.15) is 0 Å². The third kappa shape index (κ3) is 7.53. The van der Waals surface area contributed by atoms with Crippen LogP contribution >= 0.6 is 23.2 Å². The first-order chi connectivity index (χ1) is 18.4. The van der Waals surface area contributed by atoms with Crippen molar-refractivity contribution in [2.45, 2.75) is 57.6 Å². The molecule has 2 amide bonds. The number of hydrogen-bond acceptors (Lipinski definition) is 4. The molecule has 0 saturated carbocycles. The number of halogens is 2. The lowest BCUT2D eigenvalue weighted by atomic mass is 10.1. The molecule has 1 N–H and O–H groups in total. The molecule has 3 rings (SSSR count). The highest BCUT2D eigenvalue weighted by Crippen LogP contribution is 2.29. The molecular formula is C29H33Cl2N3O4S. The molecule has 0 radical (unpaired) electrons. The van der Waals surface area contributed by atoms with Gasteiger partial charge in [-0.3, -0.25) is 13.9 Å². The van der Waals surface area contributed by atoms with Gasteiger partial charge in [-0.25, -0.2) is 8.42 Å². The molecule has 0 heterocycles. The molecule has 0 aliphatic heterocycles. The summed E-state index contributed by atoms with van der Waals surface area (Å²) in [6, 6.07) is 18.8. The largest absolute Gasteiger partial charge is 0.352 e. The smallest absolute Gasteiger partial charge is 0.264 e. The Bertz CT molecular complexity index is 1390. The second-order valence-corrected chi connectivity index (χ2v) is 12.1. The van der Waals surface area contributed by atoms with E-state index in [-0.39, 0.29) is 23.4 Å². The van der Waals surface area contributed by atoms with Crippen LogP contribution in [-0.4, -0.2) is 43.8 Å². The van der Waals surface area contributed by atoms with Crippen molar-refractivity contribution in [2.24, 2.45) is 0 Å². The highest BCUT2D eigenvalue weighted by atomic mass is 35.5. The van der Waals surface area contributed by atoms with E-state index in [9.17, 15) is 18.0 Å². The van der Waals surface area contributed by atoms with Crippen LogP contribution in [0.5, 0.6) is 0 Å². The molecule has 0 aliphatic carbocycles. The number of nitrogens with zero attached hydrogens (tertiary/aromatic N) is 2. The molecule has 39 heavy (non-hydrogen) atoms. The summed E-state index contributed by atoms with van der Waals surface area (Å²) in [6.07, 6.45) is 0.294. The molecule has 0 fully saturated rings. The van der Waals surface area contributed by atoms with Gasteiger partial charge in [-0.05, 0) is 69.2 Å². The number of sulfonamides is 1. The average Bonchev–Trinajstić information content (AvgIpc) is 2.88. The lowest BCUT2D eigenvalue weighted by Gasteiger charge is -2.34. The van der Waals surface area contributed by atoms with Crippen LogP contribution in [-0.2, 0) is 26.2 Å². The first-order valence-corrected chi connectivity index (χ1v) is 14.8. The van der Waals surface area contributed by atoms with E-state index in [0.717, 1.165) is 9.87 Å². The fourth-order valence-corrected chi connectivity index (χ4v) is 6.13. The number of carbonyl (C=O) groups excluding carboxylic acids is 2. The number of hydrogen-bond donors (Lipinski definition) is 1. The average molecular weight is 591 g/mol. The van der Waals surface area contributed by atoms with Crippen LogP contribution in [0.1, 0.15) is 38.3 Å². The van der Waals surface area contributed by atoms with Crippen LogP contribution in [0.15, 0.2) is 77.7 Å². The molecule has 0 aromatic heterocycles. The molecule has 0 bridgehead atoms. The first-order valence-electron chi connectivity index (χ1n) is 12.6. The van der Waals surface area contributed by atoms with Crippen molar-refractivity contribution in [1.29, 1.82) is 0 Å². The molecule has 7 nitrogen and oxygen atoms in total. The molecule has 3 aromatic carbocycles. The fraction of sp³-hybridized carbons (Fsp3) is 0.310. The maximum Gasteiger partial charge on any atom is 0.264 e. The Balaban J connectivity index is 2.10. The predicted octanol–water partition coefficient (Wildman–Crippen LogP) is 5.83. The third-order valence-electron chi connectivity index (χ3n) is 6.11. The Labute approximate surface area is 240 Å². The standard InChI is InChI=1S/C29H33Cl2N3O4S/c1-5-27(29(36)32-20(2)3)33(18-24-25(30)15-10-16-26(24)31)28(35)19-34(22-12-9-11-21(4)17-22)39(37,38)23-13-7-6-8-14-23/h6-17,20,27H,5,18-19H2,1-4H3,(H,32,36)/t27-/m0/s1. The minimum absolute atomic E-state index is 0.0459. The van der Waals surface area contributed by atoms with Crippen LogP contribution in [0.2, 0.25) is 10.0 Å². The van der Waals surface area contributed by atoms with Crippen LogP contribution in [0.25, 0.3) is 0 Å². The summed E-state index contributed by atoms with van der Waals surface area (Å²) in [7, 11) is -4.13. The zero-order valence-electron chi connectivity index (χ0n) is 22.4. The van der Waals surface area contributed by atoms with Crippen molar-refractivity contribution < 1.29 is 18.0 Å². The maximum atomic E-state index is 14.1. The van der Waals surface area contributed by atoms with E-state index >= 15 is 0 Å². The highest BCUT2D eigenvalue weighted by molar-refractivity contribution is 7.92. The van der Waals surface area contributed by atoms with Gasteiger partial charge in [-0.1, -0.05) is 66.5 Å². The van der Waals surface area contributed by atoms with Crippen LogP contribution in [0.3, 0.4) is 0 Å². The molecule has 0 saturated heterocycles. The fourth-order valence-electron chi connectivity index (χ4n) is 4.19. The van der Waals surface area contributed by atoms with Crippen molar-refractivity contribution in [3.05, 3.63) is 94.0 Å².